The summed E-state index contributed by atoms with van der Waals surface area (Å²) in [6.45, 7) is 1.21. The van der Waals surface area contributed by atoms with E-state index in [4.69, 9.17) is 19.7 Å². The molecule has 2 rings (SSSR count). The Morgan fingerprint density at radius 3 is 1.56 bits per heavy atom. The van der Waals surface area contributed by atoms with Gasteiger partial charge < -0.3 is 19.7 Å². The summed E-state index contributed by atoms with van der Waals surface area (Å²) in [7, 11) is 2.21. The van der Waals surface area contributed by atoms with E-state index in [1.807, 2.05) is 0 Å². The normalized spacial score (nSPS) is 28.4. The standard InChI is InChI=1S/C10H14O6S2/c11-9(12)7(1-5-3-15-5)17-18-8(10(13)14)2-6-4-16-6/h5-8H,1-4H2,(H,11,12)(H,13,14). The molecule has 2 aliphatic heterocycles. The van der Waals surface area contributed by atoms with Crippen LogP contribution < -0.4 is 0 Å². The number of ether oxygens (including phenoxy) is 2. The molecule has 0 spiro atoms. The van der Waals surface area contributed by atoms with Gasteiger partial charge in [-0.05, 0) is 12.8 Å². The second kappa shape index (κ2) is 6.14. The van der Waals surface area contributed by atoms with Gasteiger partial charge in [0, 0.05) is 0 Å². The Morgan fingerprint density at radius 1 is 1.00 bits per heavy atom. The molecule has 8 heteroatoms. The van der Waals surface area contributed by atoms with Crippen molar-refractivity contribution in [2.45, 2.75) is 35.5 Å². The SMILES string of the molecule is O=C(O)C(CC1CO1)SSC(CC1CO1)C(=O)O. The minimum absolute atomic E-state index is 0.0224. The third-order valence-electron chi connectivity index (χ3n) is 2.60. The lowest BCUT2D eigenvalue weighted by atomic mass is 10.2. The summed E-state index contributed by atoms with van der Waals surface area (Å²) in [4.78, 5) is 22.0. The molecule has 0 saturated carbocycles. The smallest absolute Gasteiger partial charge is 0.317 e. The highest BCUT2D eigenvalue weighted by atomic mass is 33.1. The van der Waals surface area contributed by atoms with Gasteiger partial charge in [0.2, 0.25) is 0 Å². The van der Waals surface area contributed by atoms with Gasteiger partial charge in [0.1, 0.15) is 10.5 Å². The molecule has 2 N–H and O–H groups in total. The first-order valence-corrected chi connectivity index (χ1v) is 7.85. The number of rotatable bonds is 9. The van der Waals surface area contributed by atoms with E-state index in [2.05, 4.69) is 0 Å². The van der Waals surface area contributed by atoms with Gasteiger partial charge in [0.15, 0.2) is 0 Å². The number of carbonyl (C=O) groups is 2. The van der Waals surface area contributed by atoms with Crippen LogP contribution in [-0.4, -0.2) is 58.1 Å². The third kappa shape index (κ3) is 4.68. The van der Waals surface area contributed by atoms with Gasteiger partial charge in [-0.2, -0.15) is 0 Å². The summed E-state index contributed by atoms with van der Waals surface area (Å²) < 4.78 is 9.99. The van der Waals surface area contributed by atoms with Crippen LogP contribution in [0.3, 0.4) is 0 Å². The van der Waals surface area contributed by atoms with Crippen molar-refractivity contribution in [3.8, 4) is 0 Å². The summed E-state index contributed by atoms with van der Waals surface area (Å²) in [5.41, 5.74) is 0. The molecule has 102 valence electrons. The highest BCUT2D eigenvalue weighted by Crippen LogP contribution is 2.38. The van der Waals surface area contributed by atoms with Gasteiger partial charge >= 0.3 is 11.9 Å². The fourth-order valence-electron chi connectivity index (χ4n) is 1.38. The topological polar surface area (TPSA) is 99.7 Å². The largest absolute Gasteiger partial charge is 0.480 e. The molecular formula is C10H14O6S2. The molecule has 4 atom stereocenters. The summed E-state index contributed by atoms with van der Waals surface area (Å²) in [6.07, 6.45) is 0.905. The first kappa shape index (κ1) is 14.0. The fraction of sp³-hybridized carbons (Fsp3) is 0.800. The number of carboxylic acids is 2. The average molecular weight is 294 g/mol. The van der Waals surface area contributed by atoms with Crippen LogP contribution in [0.25, 0.3) is 0 Å². The summed E-state index contributed by atoms with van der Waals surface area (Å²) in [5.74, 6) is -1.84. The molecule has 0 aromatic heterocycles. The average Bonchev–Trinajstić information content (AvgIpc) is 3.15. The van der Waals surface area contributed by atoms with Gasteiger partial charge in [-0.15, -0.1) is 0 Å². The summed E-state index contributed by atoms with van der Waals surface area (Å²) in [6, 6.07) is 0. The van der Waals surface area contributed by atoms with Gasteiger partial charge in [0.05, 0.1) is 25.4 Å². The van der Waals surface area contributed by atoms with E-state index in [1.165, 1.54) is 0 Å². The van der Waals surface area contributed by atoms with E-state index >= 15 is 0 Å². The number of carboxylic acid groups (broad SMARTS) is 2. The van der Waals surface area contributed by atoms with Crippen molar-refractivity contribution in [2.75, 3.05) is 13.2 Å². The number of epoxide rings is 2. The molecule has 2 aliphatic rings. The third-order valence-corrected chi connectivity index (χ3v) is 5.69. The van der Waals surface area contributed by atoms with Crippen LogP contribution in [0.4, 0.5) is 0 Å². The molecule has 6 nitrogen and oxygen atoms in total. The maximum atomic E-state index is 11.0. The van der Waals surface area contributed by atoms with Crippen LogP contribution in [0.1, 0.15) is 12.8 Å². The monoisotopic (exact) mass is 294 g/mol. The maximum absolute atomic E-state index is 11.0. The first-order valence-electron chi connectivity index (χ1n) is 5.57. The van der Waals surface area contributed by atoms with Crippen molar-refractivity contribution in [1.82, 2.24) is 0 Å². The Balaban J connectivity index is 1.77. The molecule has 4 unspecified atom stereocenters. The molecule has 0 aliphatic carbocycles. The zero-order valence-corrected chi connectivity index (χ0v) is 11.1. The van der Waals surface area contributed by atoms with Crippen molar-refractivity contribution in [3.63, 3.8) is 0 Å². The Bertz CT molecular complexity index is 296. The van der Waals surface area contributed by atoms with Crippen LogP contribution >= 0.6 is 21.6 Å². The Morgan fingerprint density at radius 2 is 1.33 bits per heavy atom. The molecule has 2 fully saturated rings. The lowest BCUT2D eigenvalue weighted by molar-refractivity contribution is -0.137. The highest BCUT2D eigenvalue weighted by Gasteiger charge is 2.35. The molecular weight excluding hydrogens is 280 g/mol. The number of hydrogen-bond acceptors (Lipinski definition) is 6. The predicted molar refractivity (Wildman–Crippen MR) is 66.7 cm³/mol. The Kier molecular flexibility index (Phi) is 4.77. The van der Waals surface area contributed by atoms with Crippen LogP contribution in [0, 0.1) is 0 Å². The summed E-state index contributed by atoms with van der Waals surface area (Å²) >= 11 is 0. The van der Waals surface area contributed by atoms with Crippen molar-refractivity contribution in [3.05, 3.63) is 0 Å². The highest BCUT2D eigenvalue weighted by molar-refractivity contribution is 8.77. The van der Waals surface area contributed by atoms with Gasteiger partial charge in [-0.3, -0.25) is 9.59 Å². The molecule has 2 saturated heterocycles. The van der Waals surface area contributed by atoms with Crippen molar-refractivity contribution in [1.29, 1.82) is 0 Å². The van der Waals surface area contributed by atoms with E-state index in [0.717, 1.165) is 21.6 Å². The van der Waals surface area contributed by atoms with Crippen LogP contribution in [0.5, 0.6) is 0 Å². The number of hydrogen-bond donors (Lipinski definition) is 2. The summed E-state index contributed by atoms with van der Waals surface area (Å²) in [5, 5.41) is 16.8. The van der Waals surface area contributed by atoms with E-state index < -0.39 is 22.4 Å². The van der Waals surface area contributed by atoms with E-state index in [0.29, 0.717) is 26.1 Å². The van der Waals surface area contributed by atoms with E-state index in [1.54, 1.807) is 0 Å². The Labute approximate surface area is 112 Å². The van der Waals surface area contributed by atoms with Crippen molar-refractivity contribution < 1.29 is 29.3 Å². The molecule has 0 amide bonds. The molecule has 0 aromatic carbocycles. The zero-order chi connectivity index (χ0) is 13.1. The van der Waals surface area contributed by atoms with E-state index in [-0.39, 0.29) is 12.2 Å². The Hall–Kier alpha value is -0.440. The van der Waals surface area contributed by atoms with Gasteiger partial charge in [-0.25, -0.2) is 0 Å². The lowest BCUT2D eigenvalue weighted by Crippen LogP contribution is -2.21. The minimum Gasteiger partial charge on any atom is -0.480 e. The minimum atomic E-state index is -0.921. The first-order chi connectivity index (χ1) is 8.56. The zero-order valence-electron chi connectivity index (χ0n) is 9.48. The quantitative estimate of drug-likeness (QED) is 0.477. The van der Waals surface area contributed by atoms with Crippen molar-refractivity contribution in [2.24, 2.45) is 0 Å². The molecule has 0 bridgehead atoms. The van der Waals surface area contributed by atoms with Gasteiger partial charge in [0.25, 0.3) is 0 Å². The molecule has 0 radical (unpaired) electrons. The van der Waals surface area contributed by atoms with Crippen LogP contribution in [0.15, 0.2) is 0 Å². The second-order valence-electron chi connectivity index (χ2n) is 4.23. The molecule has 0 aromatic rings. The second-order valence-corrected chi connectivity index (χ2v) is 6.91. The lowest BCUT2D eigenvalue weighted by Gasteiger charge is -2.13. The molecule has 2 heterocycles. The maximum Gasteiger partial charge on any atom is 0.317 e. The van der Waals surface area contributed by atoms with Crippen molar-refractivity contribution >= 4 is 33.5 Å². The molecule has 18 heavy (non-hydrogen) atoms. The van der Waals surface area contributed by atoms with Crippen LogP contribution in [0.2, 0.25) is 0 Å². The fourth-order valence-corrected chi connectivity index (χ4v) is 4.17. The van der Waals surface area contributed by atoms with Crippen LogP contribution in [-0.2, 0) is 19.1 Å². The van der Waals surface area contributed by atoms with Gasteiger partial charge in [-0.1, -0.05) is 21.6 Å². The predicted octanol–water partition coefficient (Wildman–Crippen LogP) is 0.852. The number of aliphatic carboxylic acids is 2. The van der Waals surface area contributed by atoms with E-state index in [9.17, 15) is 9.59 Å².